The predicted octanol–water partition coefficient (Wildman–Crippen LogP) is -0.0474. The van der Waals surface area contributed by atoms with Gasteiger partial charge in [-0.3, -0.25) is 24.0 Å². The number of aliphatic carboxylic acids is 1. The number of hydrogen-bond donors (Lipinski definition) is 12. The van der Waals surface area contributed by atoms with Gasteiger partial charge in [0.2, 0.25) is 35.8 Å². The fraction of sp³-hybridized carbons (Fsp3) is 0.690. The van der Waals surface area contributed by atoms with Crippen molar-refractivity contribution in [1.82, 2.24) is 42.5 Å². The lowest BCUT2D eigenvalue weighted by atomic mass is 9.98. The maximum Gasteiger partial charge on any atom is 0.408 e. The van der Waals surface area contributed by atoms with Gasteiger partial charge in [-0.15, -0.1) is 0 Å². The van der Waals surface area contributed by atoms with Crippen molar-refractivity contribution in [2.24, 2.45) is 0 Å². The SMILES string of the molecule is COCCOCCOCCOCCOCCOCCOCCOCCOCCOCCOCCOCCC(=O)N[C@H]1CO[C@H]2[C@@H]1OC[C@@H]2NC(=O)CCC[C@H](NC(=O)CCOCCNC(=O)OCC1c2ccccc2-c2ccccc21)C(=O)NCCC(=O)NCc1cc(COC(=O)N[C@H]2CO[C@H]3[C@@H]2OC[C@@H]3NC(=O)OC(C)(C)C)ccc1O[C@@H]1O[C@H](C(=O)O)[C@@H](O)[C@H](O)[C@H]1O. The lowest BCUT2D eigenvalue weighted by Gasteiger charge is -2.38. The van der Waals surface area contributed by atoms with E-state index in [2.05, 4.69) is 42.5 Å². The summed E-state index contributed by atoms with van der Waals surface area (Å²) in [7, 11) is 1.63. The van der Waals surface area contributed by atoms with Crippen molar-refractivity contribution in [1.29, 1.82) is 0 Å². The first-order valence-electron chi connectivity index (χ1n) is 44.1. The Bertz CT molecular complexity index is 3860. The molecule has 5 heterocycles. The number of carbonyl (C=O) groups is 9. The topological polar surface area (TPSA) is 534 Å². The number of alkyl carbamates (subject to hydrolysis) is 3. The molecule has 0 unspecified atom stereocenters. The van der Waals surface area contributed by atoms with E-state index < -0.39 is 139 Å². The van der Waals surface area contributed by atoms with Gasteiger partial charge in [-0.05, 0) is 73.6 Å². The third kappa shape index (κ3) is 37.0. The van der Waals surface area contributed by atoms with Crippen molar-refractivity contribution in [2.45, 2.75) is 169 Å². The summed E-state index contributed by atoms with van der Waals surface area (Å²) in [5.41, 5.74) is 4.03. The average Bonchev–Trinajstić information content (AvgIpc) is 1.61. The van der Waals surface area contributed by atoms with Crippen LogP contribution in [-0.2, 0) is 141 Å². The fourth-order valence-corrected chi connectivity index (χ4v) is 14.6. The first-order valence-corrected chi connectivity index (χ1v) is 44.1. The van der Waals surface area contributed by atoms with Crippen LogP contribution in [0, 0.1) is 0 Å². The molecular weight excluding hydrogens is 1720 g/mol. The number of ether oxygens (including phenoxy) is 22. The van der Waals surface area contributed by atoms with Crippen molar-refractivity contribution < 1.29 is 168 Å². The van der Waals surface area contributed by atoms with Gasteiger partial charge in [0.1, 0.15) is 73.3 Å². The van der Waals surface area contributed by atoms with Gasteiger partial charge < -0.3 is 167 Å². The molecule has 8 amide bonds. The van der Waals surface area contributed by atoms with Crippen LogP contribution in [-0.4, -0.2) is 384 Å². The van der Waals surface area contributed by atoms with Gasteiger partial charge in [-0.25, -0.2) is 19.2 Å². The minimum absolute atomic E-state index is 0.0148. The summed E-state index contributed by atoms with van der Waals surface area (Å²) in [6, 6.07) is 16.6. The normalized spacial score (nSPS) is 22.1. The second-order valence-corrected chi connectivity index (χ2v) is 31.8. The predicted molar refractivity (Wildman–Crippen MR) is 454 cm³/mol. The van der Waals surface area contributed by atoms with Crippen LogP contribution >= 0.6 is 0 Å². The van der Waals surface area contributed by atoms with Crippen molar-refractivity contribution in [3.63, 3.8) is 0 Å². The molecule has 0 aromatic heterocycles. The summed E-state index contributed by atoms with van der Waals surface area (Å²) in [5, 5.41) is 63.6. The smallest absolute Gasteiger partial charge is 0.408 e. The summed E-state index contributed by atoms with van der Waals surface area (Å²) >= 11 is 0. The van der Waals surface area contributed by atoms with E-state index in [1.807, 2.05) is 48.5 Å². The van der Waals surface area contributed by atoms with Gasteiger partial charge in [0.15, 0.2) is 6.10 Å². The Morgan fingerprint density at radius 3 is 1.38 bits per heavy atom. The lowest BCUT2D eigenvalue weighted by molar-refractivity contribution is -0.271. The summed E-state index contributed by atoms with van der Waals surface area (Å²) in [4.78, 5) is 118. The maximum absolute atomic E-state index is 14.0. The van der Waals surface area contributed by atoms with E-state index in [9.17, 15) is 63.6 Å². The molecule has 9 rings (SSSR count). The molecule has 130 heavy (non-hydrogen) atoms. The van der Waals surface area contributed by atoms with Gasteiger partial charge >= 0.3 is 24.2 Å². The Morgan fingerprint density at radius 2 is 0.892 bits per heavy atom. The van der Waals surface area contributed by atoms with Crippen LogP contribution < -0.4 is 47.3 Å². The lowest BCUT2D eigenvalue weighted by Crippen LogP contribution is -2.61. The van der Waals surface area contributed by atoms with Crippen molar-refractivity contribution in [2.75, 3.05) is 218 Å². The Kier molecular flexibility index (Phi) is 47.1. The number of hydrogen-bond acceptors (Lipinski definition) is 34. The van der Waals surface area contributed by atoms with Gasteiger partial charge in [-0.1, -0.05) is 54.6 Å². The Morgan fingerprint density at radius 1 is 0.446 bits per heavy atom. The zero-order valence-electron chi connectivity index (χ0n) is 74.2. The van der Waals surface area contributed by atoms with Gasteiger partial charge in [-0.2, -0.15) is 0 Å². The number of fused-ring (bicyclic) bond motifs is 5. The highest BCUT2D eigenvalue weighted by Gasteiger charge is 2.52. The number of aliphatic hydroxyl groups excluding tert-OH is 3. The molecule has 6 aliphatic rings. The Hall–Kier alpha value is -8.75. The van der Waals surface area contributed by atoms with Gasteiger partial charge in [0, 0.05) is 63.9 Å². The zero-order chi connectivity index (χ0) is 92.7. The molecule has 0 spiro atoms. The van der Waals surface area contributed by atoms with Crippen LogP contribution in [0.15, 0.2) is 66.7 Å². The van der Waals surface area contributed by atoms with Crippen LogP contribution in [0.4, 0.5) is 14.4 Å². The number of methoxy groups -OCH3 is 1. The Balaban J connectivity index is 0.648. The minimum atomic E-state index is -2.03. The van der Waals surface area contributed by atoms with Crippen LogP contribution in [0.25, 0.3) is 11.1 Å². The molecule has 0 radical (unpaired) electrons. The minimum Gasteiger partial charge on any atom is -0.479 e. The molecule has 0 saturated carbocycles. The molecule has 14 atom stereocenters. The summed E-state index contributed by atoms with van der Waals surface area (Å²) in [5.74, 6) is -4.52. The highest BCUT2D eigenvalue weighted by atomic mass is 16.7. The van der Waals surface area contributed by atoms with Crippen molar-refractivity contribution in [3.8, 4) is 16.9 Å². The number of rotatable bonds is 64. The second-order valence-electron chi connectivity index (χ2n) is 31.8. The highest BCUT2D eigenvalue weighted by Crippen LogP contribution is 2.45. The monoisotopic (exact) mass is 1850 g/mol. The molecule has 1 aliphatic carbocycles. The zero-order valence-corrected chi connectivity index (χ0v) is 74.2. The van der Waals surface area contributed by atoms with Gasteiger partial charge in [0.05, 0.1) is 216 Å². The van der Waals surface area contributed by atoms with E-state index in [1.54, 1.807) is 27.9 Å². The molecule has 5 saturated heterocycles. The number of carboxylic acid groups (broad SMARTS) is 1. The molecule has 3 aromatic rings. The quantitative estimate of drug-likeness (QED) is 0.0260. The van der Waals surface area contributed by atoms with E-state index in [0.29, 0.717) is 144 Å². The molecule has 3 aromatic carbocycles. The molecule has 728 valence electrons. The van der Waals surface area contributed by atoms with Gasteiger partial charge in [0.25, 0.3) is 0 Å². The summed E-state index contributed by atoms with van der Waals surface area (Å²) in [6.07, 6.45) is -15.0. The van der Waals surface area contributed by atoms with Crippen LogP contribution in [0.5, 0.6) is 5.75 Å². The summed E-state index contributed by atoms with van der Waals surface area (Å²) in [6.45, 7) is 14.3. The molecule has 12 N–H and O–H groups in total. The third-order valence-corrected chi connectivity index (χ3v) is 21.0. The summed E-state index contributed by atoms with van der Waals surface area (Å²) < 4.78 is 123. The van der Waals surface area contributed by atoms with E-state index in [0.717, 1.165) is 22.3 Å². The first kappa shape index (κ1) is 105. The molecule has 43 heteroatoms. The standard InChI is InChI=1S/C87H130N8O35/c1-87(2,3)130-86(108)95-67-55-125-78-66(54-124-79(67)78)94-85(107)126-50-56-16-17-68(128-83-75(102)73(100)74(101)80(129-83)82(104)105)57(48-56)49-90-69(96)18-21-88-81(103)63(91-71(98)19-23-110-25-22-89-84(106)127-51-62-60-12-7-5-10-58(60)59-11-6-8-13-61(59)62)14-9-15-70(97)92-64-52-122-77-65(53-123-76(64)77)93-72(99)20-24-111-28-29-113-32-33-115-36-37-117-40-41-119-44-45-121-47-46-120-43-42-118-39-38-116-35-34-114-31-30-112-27-26-109-4/h5-8,10-13,16-17,48,62-67,73-80,83,100-102H,9,14-15,18-47,49-55H2,1-4H3,(H,88,103)(H,89,106)(H,90,96)(H,91,98)(H,92,97)(H,93,99)(H,94,107)(H,95,108)(H,104,105)/t63-,64-,65-,66-,67-,73-,74-,75+,76+,77+,78+,79+,80-,83+/m0/s1. The average molecular weight is 1850 g/mol. The number of nitrogens with one attached hydrogen (secondary N) is 8. The second kappa shape index (κ2) is 58.3. The largest absolute Gasteiger partial charge is 0.479 e. The number of benzene rings is 3. The van der Waals surface area contributed by atoms with Crippen LogP contribution in [0.1, 0.15) is 87.5 Å². The van der Waals surface area contributed by atoms with E-state index in [-0.39, 0.29) is 147 Å². The van der Waals surface area contributed by atoms with Crippen molar-refractivity contribution >= 4 is 53.8 Å². The first-order chi connectivity index (χ1) is 63.0. The van der Waals surface area contributed by atoms with Crippen LogP contribution in [0.3, 0.4) is 0 Å². The number of aliphatic hydroxyl groups is 3. The molecular formula is C87H130N8O35. The molecule has 5 fully saturated rings. The molecule has 43 nitrogen and oxygen atoms in total. The number of carboxylic acids is 1. The fourth-order valence-electron chi connectivity index (χ4n) is 14.6. The van der Waals surface area contributed by atoms with E-state index in [4.69, 9.17) is 104 Å². The molecule has 0 bridgehead atoms. The van der Waals surface area contributed by atoms with Crippen LogP contribution in [0.2, 0.25) is 0 Å². The Labute approximate surface area is 754 Å². The molecule has 5 aliphatic heterocycles. The highest BCUT2D eigenvalue weighted by molar-refractivity contribution is 5.88. The van der Waals surface area contributed by atoms with E-state index in [1.165, 1.54) is 18.2 Å². The number of carbonyl (C=O) groups excluding carboxylic acids is 8. The number of amides is 8. The van der Waals surface area contributed by atoms with Crippen molar-refractivity contribution in [3.05, 3.63) is 89.0 Å². The maximum atomic E-state index is 14.0. The third-order valence-electron chi connectivity index (χ3n) is 21.0. The van der Waals surface area contributed by atoms with E-state index >= 15 is 0 Å².